The molecule has 0 unspecified atom stereocenters. The van der Waals surface area contributed by atoms with Crippen molar-refractivity contribution in [2.24, 2.45) is 5.73 Å². The molecule has 1 aliphatic rings. The van der Waals surface area contributed by atoms with Crippen LogP contribution in [0.25, 0.3) is 0 Å². The van der Waals surface area contributed by atoms with E-state index in [2.05, 4.69) is 15.2 Å². The number of carbonyl (C=O) groups is 1. The molecule has 3 N–H and O–H groups in total. The highest BCUT2D eigenvalue weighted by atomic mass is 35.5. The summed E-state index contributed by atoms with van der Waals surface area (Å²) in [5.74, 6) is 0.701. The molecule has 0 amide bonds. The van der Waals surface area contributed by atoms with Gasteiger partial charge in [-0.15, -0.1) is 0 Å². The number of rotatable bonds is 5. The standard InChI is InChI=1S/C18H21ClN4O2/c19-16-11-14(12-22-17(16)23-9-7-21-8-10-23)18(24)25-15-3-1-13(2-4-15)5-6-20/h1-4,11-12,21H,5-10,20H2. The normalized spacial score (nSPS) is 14.4. The van der Waals surface area contributed by atoms with Crippen LogP contribution in [-0.2, 0) is 6.42 Å². The Morgan fingerprint density at radius 2 is 2.00 bits per heavy atom. The average molecular weight is 361 g/mol. The summed E-state index contributed by atoms with van der Waals surface area (Å²) in [6, 6.07) is 8.92. The number of piperazine rings is 1. The van der Waals surface area contributed by atoms with Crippen molar-refractivity contribution in [1.82, 2.24) is 10.3 Å². The first kappa shape index (κ1) is 17.7. The van der Waals surface area contributed by atoms with Gasteiger partial charge >= 0.3 is 5.97 Å². The van der Waals surface area contributed by atoms with Crippen molar-refractivity contribution < 1.29 is 9.53 Å². The lowest BCUT2D eigenvalue weighted by molar-refractivity contribution is 0.0734. The quantitative estimate of drug-likeness (QED) is 0.626. The van der Waals surface area contributed by atoms with E-state index in [4.69, 9.17) is 22.1 Å². The van der Waals surface area contributed by atoms with Crippen molar-refractivity contribution in [3.63, 3.8) is 0 Å². The SMILES string of the molecule is NCCc1ccc(OC(=O)c2cnc(N3CCNCC3)c(Cl)c2)cc1. The molecule has 0 spiro atoms. The van der Waals surface area contributed by atoms with Gasteiger partial charge in [0.25, 0.3) is 0 Å². The second-order valence-corrected chi connectivity index (χ2v) is 6.25. The lowest BCUT2D eigenvalue weighted by Crippen LogP contribution is -2.44. The molecule has 0 saturated carbocycles. The average Bonchev–Trinajstić information content (AvgIpc) is 2.64. The number of halogens is 1. The lowest BCUT2D eigenvalue weighted by Gasteiger charge is -2.29. The van der Waals surface area contributed by atoms with Crippen LogP contribution in [0.2, 0.25) is 5.02 Å². The van der Waals surface area contributed by atoms with Gasteiger partial charge < -0.3 is 20.7 Å². The molecule has 2 heterocycles. The first-order valence-corrected chi connectivity index (χ1v) is 8.67. The Kier molecular flexibility index (Phi) is 5.86. The Morgan fingerprint density at radius 3 is 2.64 bits per heavy atom. The second-order valence-electron chi connectivity index (χ2n) is 5.84. The summed E-state index contributed by atoms with van der Waals surface area (Å²) in [6.07, 6.45) is 2.30. The number of anilines is 1. The van der Waals surface area contributed by atoms with Crippen molar-refractivity contribution in [3.8, 4) is 5.75 Å². The van der Waals surface area contributed by atoms with Gasteiger partial charge in [0.05, 0.1) is 10.6 Å². The van der Waals surface area contributed by atoms with E-state index in [0.29, 0.717) is 28.7 Å². The number of hydrogen-bond acceptors (Lipinski definition) is 6. The van der Waals surface area contributed by atoms with E-state index < -0.39 is 5.97 Å². The van der Waals surface area contributed by atoms with E-state index >= 15 is 0 Å². The van der Waals surface area contributed by atoms with E-state index in [-0.39, 0.29) is 0 Å². The van der Waals surface area contributed by atoms with Crippen molar-refractivity contribution in [2.75, 3.05) is 37.6 Å². The molecule has 25 heavy (non-hydrogen) atoms. The Balaban J connectivity index is 1.68. The Hall–Kier alpha value is -2.15. The van der Waals surface area contributed by atoms with E-state index in [1.165, 1.54) is 6.20 Å². The molecule has 132 valence electrons. The van der Waals surface area contributed by atoms with Crippen LogP contribution in [0.1, 0.15) is 15.9 Å². The minimum absolute atomic E-state index is 0.329. The number of pyridine rings is 1. The number of benzene rings is 1. The number of esters is 1. The van der Waals surface area contributed by atoms with Gasteiger partial charge in [0, 0.05) is 32.4 Å². The van der Waals surface area contributed by atoms with Gasteiger partial charge in [-0.3, -0.25) is 0 Å². The van der Waals surface area contributed by atoms with Crippen LogP contribution in [-0.4, -0.2) is 43.7 Å². The molecular weight excluding hydrogens is 340 g/mol. The summed E-state index contributed by atoms with van der Waals surface area (Å²) in [4.78, 5) is 18.8. The molecule has 1 aromatic heterocycles. The van der Waals surface area contributed by atoms with Crippen LogP contribution in [0.15, 0.2) is 36.5 Å². The van der Waals surface area contributed by atoms with Crippen LogP contribution < -0.4 is 20.7 Å². The highest BCUT2D eigenvalue weighted by molar-refractivity contribution is 6.33. The van der Waals surface area contributed by atoms with Gasteiger partial charge in [-0.25, -0.2) is 9.78 Å². The van der Waals surface area contributed by atoms with Gasteiger partial charge in [0.2, 0.25) is 0 Å². The van der Waals surface area contributed by atoms with Gasteiger partial charge in [-0.05, 0) is 36.7 Å². The van der Waals surface area contributed by atoms with E-state index in [1.54, 1.807) is 18.2 Å². The van der Waals surface area contributed by atoms with Gasteiger partial charge in [0.15, 0.2) is 0 Å². The predicted octanol–water partition coefficient (Wildman–Crippen LogP) is 1.86. The maximum absolute atomic E-state index is 12.3. The summed E-state index contributed by atoms with van der Waals surface area (Å²) < 4.78 is 5.38. The molecule has 1 aromatic carbocycles. The van der Waals surface area contributed by atoms with Crippen LogP contribution in [0.4, 0.5) is 5.82 Å². The third-order valence-corrected chi connectivity index (χ3v) is 4.32. The lowest BCUT2D eigenvalue weighted by atomic mass is 10.1. The minimum Gasteiger partial charge on any atom is -0.423 e. The molecule has 2 aromatic rings. The minimum atomic E-state index is -0.479. The van der Waals surface area contributed by atoms with Crippen molar-refractivity contribution in [3.05, 3.63) is 52.7 Å². The molecule has 1 saturated heterocycles. The van der Waals surface area contributed by atoms with E-state index in [0.717, 1.165) is 38.2 Å². The monoisotopic (exact) mass is 360 g/mol. The second kappa shape index (κ2) is 8.29. The number of nitrogens with two attached hydrogens (primary N) is 1. The number of ether oxygens (including phenoxy) is 1. The molecule has 6 nitrogen and oxygen atoms in total. The third-order valence-electron chi connectivity index (χ3n) is 4.04. The predicted molar refractivity (Wildman–Crippen MR) is 98.5 cm³/mol. The van der Waals surface area contributed by atoms with Crippen molar-refractivity contribution in [2.45, 2.75) is 6.42 Å². The van der Waals surface area contributed by atoms with E-state index in [9.17, 15) is 4.79 Å². The van der Waals surface area contributed by atoms with Crippen molar-refractivity contribution >= 4 is 23.4 Å². The largest absolute Gasteiger partial charge is 0.423 e. The molecule has 3 rings (SSSR count). The topological polar surface area (TPSA) is 80.5 Å². The van der Waals surface area contributed by atoms with Crippen LogP contribution in [0.3, 0.4) is 0 Å². The molecule has 1 fully saturated rings. The fourth-order valence-electron chi connectivity index (χ4n) is 2.71. The maximum Gasteiger partial charge on any atom is 0.345 e. The fraction of sp³-hybridized carbons (Fsp3) is 0.333. The van der Waals surface area contributed by atoms with E-state index in [1.807, 2.05) is 12.1 Å². The van der Waals surface area contributed by atoms with Gasteiger partial charge in [-0.2, -0.15) is 0 Å². The molecular formula is C18H21ClN4O2. The highest BCUT2D eigenvalue weighted by Crippen LogP contribution is 2.25. The van der Waals surface area contributed by atoms with Gasteiger partial charge in [-0.1, -0.05) is 23.7 Å². The highest BCUT2D eigenvalue weighted by Gasteiger charge is 2.17. The molecule has 7 heteroatoms. The number of aromatic nitrogens is 1. The maximum atomic E-state index is 12.3. The van der Waals surface area contributed by atoms with Gasteiger partial charge in [0.1, 0.15) is 11.6 Å². The Labute approximate surface area is 151 Å². The zero-order chi connectivity index (χ0) is 17.6. The zero-order valence-electron chi connectivity index (χ0n) is 13.9. The summed E-state index contributed by atoms with van der Waals surface area (Å²) in [7, 11) is 0. The smallest absolute Gasteiger partial charge is 0.345 e. The molecule has 0 bridgehead atoms. The first-order chi connectivity index (χ1) is 12.2. The number of nitrogens with zero attached hydrogens (tertiary/aromatic N) is 2. The Bertz CT molecular complexity index is 730. The molecule has 1 aliphatic heterocycles. The Morgan fingerprint density at radius 1 is 1.28 bits per heavy atom. The molecule has 0 atom stereocenters. The van der Waals surface area contributed by atoms with Crippen LogP contribution in [0.5, 0.6) is 5.75 Å². The number of hydrogen-bond donors (Lipinski definition) is 2. The third kappa shape index (κ3) is 4.48. The number of carbonyl (C=O) groups excluding carboxylic acids is 1. The molecule has 0 aliphatic carbocycles. The molecule has 0 radical (unpaired) electrons. The summed E-state index contributed by atoms with van der Waals surface area (Å²) in [5, 5.41) is 3.73. The zero-order valence-corrected chi connectivity index (χ0v) is 14.6. The summed E-state index contributed by atoms with van der Waals surface area (Å²) >= 11 is 6.32. The number of nitrogens with one attached hydrogen (secondary N) is 1. The first-order valence-electron chi connectivity index (χ1n) is 8.30. The summed E-state index contributed by atoms with van der Waals surface area (Å²) in [5.41, 5.74) is 6.96. The van der Waals surface area contributed by atoms with Crippen LogP contribution in [0, 0.1) is 0 Å². The fourth-order valence-corrected chi connectivity index (χ4v) is 2.99. The summed E-state index contributed by atoms with van der Waals surface area (Å²) in [6.45, 7) is 4.05. The van der Waals surface area contributed by atoms with Crippen molar-refractivity contribution in [1.29, 1.82) is 0 Å². The van der Waals surface area contributed by atoms with Crippen LogP contribution >= 0.6 is 11.6 Å².